The third-order valence-corrected chi connectivity index (χ3v) is 9.25. The van der Waals surface area contributed by atoms with Crippen molar-refractivity contribution < 1.29 is 5.11 Å². The van der Waals surface area contributed by atoms with E-state index in [1.54, 1.807) is 0 Å². The molecule has 5 rings (SSSR count). The van der Waals surface area contributed by atoms with Gasteiger partial charge in [0.2, 0.25) is 0 Å². The van der Waals surface area contributed by atoms with Crippen LogP contribution in [-0.2, 0) is 12.8 Å². The normalized spacial score (nSPS) is 31.2. The number of rotatable bonds is 5. The van der Waals surface area contributed by atoms with Gasteiger partial charge in [0.25, 0.3) is 0 Å². The van der Waals surface area contributed by atoms with Gasteiger partial charge in [-0.1, -0.05) is 75.2 Å². The van der Waals surface area contributed by atoms with Crippen LogP contribution < -0.4 is 0 Å². The zero-order valence-electron chi connectivity index (χ0n) is 20.7. The molecule has 2 fully saturated rings. The Kier molecular flexibility index (Phi) is 6.43. The highest BCUT2D eigenvalue weighted by Crippen LogP contribution is 2.58. The second-order valence-corrected chi connectivity index (χ2v) is 12.2. The highest BCUT2D eigenvalue weighted by atomic mass is 16.3. The van der Waals surface area contributed by atoms with E-state index in [0.717, 1.165) is 30.6 Å². The standard InChI is InChI=1S/C32H42O/c1-24-9-8-12-31(2,21-24)29-18-28(22-32(23-29)13-6-7-14-32)17-27-16-26(19-30(33)20-27)15-25-10-4-3-5-11-25/h3-5,8,10-12,16,19-20,24,28-29,33H,6-7,9,13-15,17-18,21-23H2,1-2H3/t24-,28+,29+,31+/m1/s1. The molecule has 3 aliphatic carbocycles. The molecule has 2 aromatic carbocycles. The van der Waals surface area contributed by atoms with E-state index in [2.05, 4.69) is 62.4 Å². The summed E-state index contributed by atoms with van der Waals surface area (Å²) in [5, 5.41) is 10.5. The molecule has 0 aliphatic heterocycles. The Morgan fingerprint density at radius 1 is 0.909 bits per heavy atom. The summed E-state index contributed by atoms with van der Waals surface area (Å²) in [4.78, 5) is 0. The van der Waals surface area contributed by atoms with Crippen LogP contribution in [0.5, 0.6) is 5.75 Å². The number of hydrogen-bond acceptors (Lipinski definition) is 1. The monoisotopic (exact) mass is 442 g/mol. The number of aromatic hydroxyl groups is 1. The summed E-state index contributed by atoms with van der Waals surface area (Å²) < 4.78 is 0. The van der Waals surface area contributed by atoms with E-state index in [-0.39, 0.29) is 0 Å². The molecule has 1 heteroatoms. The molecule has 2 saturated carbocycles. The smallest absolute Gasteiger partial charge is 0.116 e. The third kappa shape index (κ3) is 5.23. The fourth-order valence-corrected chi connectivity index (χ4v) is 7.88. The Balaban J connectivity index is 1.37. The second-order valence-electron chi connectivity index (χ2n) is 12.2. The Hall–Kier alpha value is -2.02. The maximum atomic E-state index is 10.5. The Bertz CT molecular complexity index is 967. The highest BCUT2D eigenvalue weighted by molar-refractivity contribution is 5.37. The van der Waals surface area contributed by atoms with E-state index in [0.29, 0.717) is 16.6 Å². The summed E-state index contributed by atoms with van der Waals surface area (Å²) >= 11 is 0. The lowest BCUT2D eigenvalue weighted by molar-refractivity contribution is 0.0309. The lowest BCUT2D eigenvalue weighted by Gasteiger charge is -2.50. The third-order valence-electron chi connectivity index (χ3n) is 9.25. The van der Waals surface area contributed by atoms with Crippen molar-refractivity contribution in [1.29, 1.82) is 0 Å². The molecule has 0 unspecified atom stereocenters. The van der Waals surface area contributed by atoms with Gasteiger partial charge in [-0.2, -0.15) is 0 Å². The quantitative estimate of drug-likeness (QED) is 0.460. The average molecular weight is 443 g/mol. The van der Waals surface area contributed by atoms with Gasteiger partial charge in [0.1, 0.15) is 5.75 Å². The number of phenols is 1. The summed E-state index contributed by atoms with van der Waals surface area (Å²) in [6.07, 6.45) is 19.6. The molecular weight excluding hydrogens is 400 g/mol. The molecule has 3 aliphatic rings. The van der Waals surface area contributed by atoms with E-state index in [9.17, 15) is 5.11 Å². The highest BCUT2D eigenvalue weighted by Gasteiger charge is 2.47. The van der Waals surface area contributed by atoms with E-state index >= 15 is 0 Å². The maximum Gasteiger partial charge on any atom is 0.116 e. The van der Waals surface area contributed by atoms with Crippen molar-refractivity contribution >= 4 is 0 Å². The van der Waals surface area contributed by atoms with Gasteiger partial charge in [-0.15, -0.1) is 0 Å². The largest absolute Gasteiger partial charge is 0.508 e. The van der Waals surface area contributed by atoms with Crippen molar-refractivity contribution in [2.45, 2.75) is 84.5 Å². The molecule has 0 radical (unpaired) electrons. The van der Waals surface area contributed by atoms with Gasteiger partial charge in [0.15, 0.2) is 0 Å². The van der Waals surface area contributed by atoms with Crippen LogP contribution in [0, 0.1) is 28.6 Å². The first-order chi connectivity index (χ1) is 15.9. The fourth-order valence-electron chi connectivity index (χ4n) is 7.88. The van der Waals surface area contributed by atoms with Crippen molar-refractivity contribution in [1.82, 2.24) is 0 Å². The molecule has 1 spiro atoms. The molecular formula is C32H42O. The second kappa shape index (κ2) is 9.32. The van der Waals surface area contributed by atoms with Crippen LogP contribution in [0.25, 0.3) is 0 Å². The van der Waals surface area contributed by atoms with Gasteiger partial charge in [0, 0.05) is 0 Å². The number of hydrogen-bond donors (Lipinski definition) is 1. The molecule has 0 bridgehead atoms. The van der Waals surface area contributed by atoms with Crippen molar-refractivity contribution in [2.75, 3.05) is 0 Å². The fraction of sp³-hybridized carbons (Fsp3) is 0.562. The van der Waals surface area contributed by atoms with Crippen LogP contribution in [0.2, 0.25) is 0 Å². The summed E-state index contributed by atoms with van der Waals surface area (Å²) in [7, 11) is 0. The molecule has 176 valence electrons. The average Bonchev–Trinajstić information content (AvgIpc) is 3.20. The van der Waals surface area contributed by atoms with Gasteiger partial charge >= 0.3 is 0 Å². The van der Waals surface area contributed by atoms with Crippen LogP contribution in [-0.4, -0.2) is 5.11 Å². The summed E-state index contributed by atoms with van der Waals surface area (Å²) in [6.45, 7) is 5.00. The molecule has 1 nitrogen and oxygen atoms in total. The summed E-state index contributed by atoms with van der Waals surface area (Å²) in [5.74, 6) is 2.77. The summed E-state index contributed by atoms with van der Waals surface area (Å²) in [5.41, 5.74) is 4.81. The van der Waals surface area contributed by atoms with Gasteiger partial charge in [-0.3, -0.25) is 0 Å². The van der Waals surface area contributed by atoms with Crippen molar-refractivity contribution in [2.24, 2.45) is 28.6 Å². The molecule has 0 heterocycles. The number of phenolic OH excluding ortho intramolecular Hbond substituents is 1. The van der Waals surface area contributed by atoms with E-state index < -0.39 is 0 Å². The first kappa shape index (κ1) is 22.8. The lowest BCUT2D eigenvalue weighted by atomic mass is 9.55. The van der Waals surface area contributed by atoms with Gasteiger partial charge in [-0.25, -0.2) is 0 Å². The van der Waals surface area contributed by atoms with Gasteiger partial charge < -0.3 is 5.11 Å². The van der Waals surface area contributed by atoms with Crippen molar-refractivity contribution in [3.8, 4) is 5.75 Å². The minimum absolute atomic E-state index is 0.364. The lowest BCUT2D eigenvalue weighted by Crippen LogP contribution is -2.40. The molecule has 2 aromatic rings. The van der Waals surface area contributed by atoms with E-state index in [4.69, 9.17) is 0 Å². The van der Waals surface area contributed by atoms with Crippen LogP contribution in [0.1, 0.15) is 88.3 Å². The minimum atomic E-state index is 0.364. The zero-order chi connectivity index (χ0) is 22.9. The molecule has 0 amide bonds. The van der Waals surface area contributed by atoms with Crippen LogP contribution >= 0.6 is 0 Å². The maximum absolute atomic E-state index is 10.5. The Morgan fingerprint density at radius 2 is 1.67 bits per heavy atom. The first-order valence-corrected chi connectivity index (χ1v) is 13.4. The number of allylic oxidation sites excluding steroid dienone is 2. The summed E-state index contributed by atoms with van der Waals surface area (Å²) in [6, 6.07) is 17.0. The van der Waals surface area contributed by atoms with Crippen molar-refractivity contribution in [3.63, 3.8) is 0 Å². The number of benzene rings is 2. The zero-order valence-corrected chi connectivity index (χ0v) is 20.7. The van der Waals surface area contributed by atoms with Crippen molar-refractivity contribution in [3.05, 3.63) is 77.4 Å². The van der Waals surface area contributed by atoms with Crippen LogP contribution in [0.3, 0.4) is 0 Å². The minimum Gasteiger partial charge on any atom is -0.508 e. The molecule has 0 saturated heterocycles. The molecule has 4 atom stereocenters. The Labute approximate surface area is 201 Å². The Morgan fingerprint density at radius 3 is 2.42 bits per heavy atom. The molecule has 1 N–H and O–H groups in total. The SMILES string of the molecule is C[C@@H]1CC=C[C@](C)([C@H]2C[C@H](Cc3cc(O)cc(Cc4ccccc4)c3)CC3(CCCC3)C2)C1. The molecule has 33 heavy (non-hydrogen) atoms. The van der Waals surface area contributed by atoms with Gasteiger partial charge in [0.05, 0.1) is 0 Å². The van der Waals surface area contributed by atoms with E-state index in [1.165, 1.54) is 74.5 Å². The van der Waals surface area contributed by atoms with E-state index in [1.807, 2.05) is 12.1 Å². The predicted octanol–water partition coefficient (Wildman–Crippen LogP) is 8.49. The van der Waals surface area contributed by atoms with Crippen LogP contribution in [0.15, 0.2) is 60.7 Å². The predicted molar refractivity (Wildman–Crippen MR) is 138 cm³/mol. The van der Waals surface area contributed by atoms with Gasteiger partial charge in [-0.05, 0) is 115 Å². The van der Waals surface area contributed by atoms with Crippen LogP contribution in [0.4, 0.5) is 0 Å². The topological polar surface area (TPSA) is 20.2 Å². The molecule has 0 aromatic heterocycles. The first-order valence-electron chi connectivity index (χ1n) is 13.4.